The predicted octanol–water partition coefficient (Wildman–Crippen LogP) is 2.52. The molecule has 1 aromatic carbocycles. The average molecular weight is 289 g/mol. The van der Waals surface area contributed by atoms with E-state index in [4.69, 9.17) is 5.73 Å². The van der Waals surface area contributed by atoms with Gasteiger partial charge < -0.3 is 16.0 Å². The van der Waals surface area contributed by atoms with Gasteiger partial charge in [0.25, 0.3) is 0 Å². The Morgan fingerprint density at radius 1 is 1.24 bits per heavy atom. The lowest BCUT2D eigenvalue weighted by atomic mass is 10.0. The Bertz CT molecular complexity index is 448. The molecular formula is C17H27N3O. The van der Waals surface area contributed by atoms with Gasteiger partial charge in [-0.2, -0.15) is 0 Å². The maximum atomic E-state index is 11.1. The monoisotopic (exact) mass is 289 g/mol. The number of rotatable bonds is 5. The zero-order chi connectivity index (χ0) is 15.2. The first-order valence-corrected chi connectivity index (χ1v) is 7.90. The summed E-state index contributed by atoms with van der Waals surface area (Å²) in [5.41, 5.74) is 8.02. The summed E-state index contributed by atoms with van der Waals surface area (Å²) in [5.74, 6) is 0.699. The molecule has 1 fully saturated rings. The van der Waals surface area contributed by atoms with E-state index in [1.165, 1.54) is 11.1 Å². The second-order valence-electron chi connectivity index (χ2n) is 6.39. The van der Waals surface area contributed by atoms with E-state index in [0.717, 1.165) is 38.9 Å². The van der Waals surface area contributed by atoms with Crippen LogP contribution in [-0.2, 0) is 13.0 Å². The molecule has 0 atom stereocenters. The van der Waals surface area contributed by atoms with Crippen LogP contribution in [0.5, 0.6) is 0 Å². The van der Waals surface area contributed by atoms with Gasteiger partial charge in [0.1, 0.15) is 0 Å². The summed E-state index contributed by atoms with van der Waals surface area (Å²) >= 11 is 0. The lowest BCUT2D eigenvalue weighted by Crippen LogP contribution is -2.46. The molecule has 0 radical (unpaired) electrons. The van der Waals surface area contributed by atoms with Gasteiger partial charge in [0.15, 0.2) is 0 Å². The van der Waals surface area contributed by atoms with Crippen molar-refractivity contribution in [3.05, 3.63) is 35.4 Å². The molecule has 1 saturated heterocycles. The summed E-state index contributed by atoms with van der Waals surface area (Å²) in [5, 5.41) is 3.58. The number of urea groups is 1. The Kier molecular flexibility index (Phi) is 5.62. The van der Waals surface area contributed by atoms with Crippen molar-refractivity contribution in [1.82, 2.24) is 10.2 Å². The van der Waals surface area contributed by atoms with Gasteiger partial charge in [-0.15, -0.1) is 0 Å². The number of hydrogen-bond donors (Lipinski definition) is 2. The molecule has 1 heterocycles. The number of carbonyl (C=O) groups is 1. The molecule has 0 aliphatic carbocycles. The molecule has 2 rings (SSSR count). The standard InChI is InChI=1S/C17H27N3O/c1-13(2)11-14-3-5-15(6-4-14)12-19-16-7-9-20(10-8-16)17(18)21/h3-6,13,16,19H,7-12H2,1-2H3,(H2,18,21). The van der Waals surface area contributed by atoms with Gasteiger partial charge >= 0.3 is 6.03 Å². The fourth-order valence-corrected chi connectivity index (χ4v) is 2.83. The number of nitrogens with two attached hydrogens (primary N) is 1. The van der Waals surface area contributed by atoms with Crippen molar-refractivity contribution in [2.24, 2.45) is 11.7 Å². The number of nitrogens with zero attached hydrogens (tertiary/aromatic N) is 1. The fraction of sp³-hybridized carbons (Fsp3) is 0.588. The normalized spacial score (nSPS) is 16.4. The summed E-state index contributed by atoms with van der Waals surface area (Å²) in [6.45, 7) is 6.91. The van der Waals surface area contributed by atoms with E-state index in [-0.39, 0.29) is 6.03 Å². The minimum absolute atomic E-state index is 0.297. The fourth-order valence-electron chi connectivity index (χ4n) is 2.83. The largest absolute Gasteiger partial charge is 0.351 e. The van der Waals surface area contributed by atoms with Gasteiger partial charge in [0.2, 0.25) is 0 Å². The Morgan fingerprint density at radius 3 is 2.33 bits per heavy atom. The smallest absolute Gasteiger partial charge is 0.314 e. The minimum atomic E-state index is -0.297. The first-order valence-electron chi connectivity index (χ1n) is 7.90. The molecular weight excluding hydrogens is 262 g/mol. The van der Waals surface area contributed by atoms with E-state index in [2.05, 4.69) is 43.4 Å². The number of nitrogens with one attached hydrogen (secondary N) is 1. The van der Waals surface area contributed by atoms with Crippen molar-refractivity contribution in [2.75, 3.05) is 13.1 Å². The lowest BCUT2D eigenvalue weighted by molar-refractivity contribution is 0.185. The number of piperidine rings is 1. The SMILES string of the molecule is CC(C)Cc1ccc(CNC2CCN(C(N)=O)CC2)cc1. The van der Waals surface area contributed by atoms with Crippen LogP contribution in [0.25, 0.3) is 0 Å². The quantitative estimate of drug-likeness (QED) is 0.875. The molecule has 1 aromatic rings. The molecule has 21 heavy (non-hydrogen) atoms. The highest BCUT2D eigenvalue weighted by Crippen LogP contribution is 2.12. The highest BCUT2D eigenvalue weighted by Gasteiger charge is 2.20. The Morgan fingerprint density at radius 2 is 1.81 bits per heavy atom. The van der Waals surface area contributed by atoms with E-state index in [9.17, 15) is 4.79 Å². The van der Waals surface area contributed by atoms with Crippen LogP contribution in [0, 0.1) is 5.92 Å². The number of benzene rings is 1. The zero-order valence-electron chi connectivity index (χ0n) is 13.1. The van der Waals surface area contributed by atoms with Gasteiger partial charge in [-0.05, 0) is 36.3 Å². The van der Waals surface area contributed by atoms with Crippen LogP contribution in [0.3, 0.4) is 0 Å². The summed E-state index contributed by atoms with van der Waals surface area (Å²) in [6, 6.07) is 9.07. The molecule has 0 spiro atoms. The molecule has 0 saturated carbocycles. The number of likely N-dealkylation sites (tertiary alicyclic amines) is 1. The van der Waals surface area contributed by atoms with Crippen molar-refractivity contribution in [3.63, 3.8) is 0 Å². The molecule has 0 unspecified atom stereocenters. The first kappa shape index (κ1) is 15.8. The van der Waals surface area contributed by atoms with E-state index in [1.807, 2.05) is 0 Å². The lowest BCUT2D eigenvalue weighted by Gasteiger charge is -2.31. The van der Waals surface area contributed by atoms with Crippen molar-refractivity contribution < 1.29 is 4.79 Å². The minimum Gasteiger partial charge on any atom is -0.351 e. The Balaban J connectivity index is 1.75. The molecule has 1 aliphatic heterocycles. The molecule has 0 bridgehead atoms. The van der Waals surface area contributed by atoms with Crippen molar-refractivity contribution >= 4 is 6.03 Å². The molecule has 116 valence electrons. The topological polar surface area (TPSA) is 58.4 Å². The van der Waals surface area contributed by atoms with Gasteiger partial charge in [-0.1, -0.05) is 38.1 Å². The predicted molar refractivity (Wildman–Crippen MR) is 86.0 cm³/mol. The first-order chi connectivity index (χ1) is 10.0. The van der Waals surface area contributed by atoms with Crippen LogP contribution in [0.1, 0.15) is 37.8 Å². The van der Waals surface area contributed by atoms with Crippen LogP contribution in [0.2, 0.25) is 0 Å². The summed E-state index contributed by atoms with van der Waals surface area (Å²) < 4.78 is 0. The number of carbonyl (C=O) groups excluding carboxylic acids is 1. The molecule has 3 N–H and O–H groups in total. The van der Waals surface area contributed by atoms with Gasteiger partial charge in [0.05, 0.1) is 0 Å². The van der Waals surface area contributed by atoms with Crippen molar-refractivity contribution in [3.8, 4) is 0 Å². The molecule has 4 heteroatoms. The summed E-state index contributed by atoms with van der Waals surface area (Å²) in [7, 11) is 0. The van der Waals surface area contributed by atoms with Crippen LogP contribution in [0.15, 0.2) is 24.3 Å². The van der Waals surface area contributed by atoms with E-state index in [0.29, 0.717) is 12.0 Å². The van der Waals surface area contributed by atoms with E-state index < -0.39 is 0 Å². The third-order valence-electron chi connectivity index (χ3n) is 4.07. The average Bonchev–Trinajstić information content (AvgIpc) is 2.46. The third kappa shape index (κ3) is 5.05. The number of primary amides is 1. The summed E-state index contributed by atoms with van der Waals surface area (Å²) in [6.07, 6.45) is 3.10. The van der Waals surface area contributed by atoms with Crippen molar-refractivity contribution in [2.45, 2.75) is 45.7 Å². The van der Waals surface area contributed by atoms with Crippen LogP contribution in [-0.4, -0.2) is 30.1 Å². The van der Waals surface area contributed by atoms with Crippen LogP contribution in [0.4, 0.5) is 4.79 Å². The van der Waals surface area contributed by atoms with Gasteiger partial charge in [-0.3, -0.25) is 0 Å². The highest BCUT2D eigenvalue weighted by molar-refractivity contribution is 5.72. The zero-order valence-corrected chi connectivity index (χ0v) is 13.1. The summed E-state index contributed by atoms with van der Waals surface area (Å²) in [4.78, 5) is 12.8. The molecule has 4 nitrogen and oxygen atoms in total. The number of hydrogen-bond acceptors (Lipinski definition) is 2. The maximum absolute atomic E-state index is 11.1. The number of amides is 2. The van der Waals surface area contributed by atoms with Gasteiger partial charge in [0, 0.05) is 25.7 Å². The van der Waals surface area contributed by atoms with E-state index in [1.54, 1.807) is 4.90 Å². The van der Waals surface area contributed by atoms with E-state index >= 15 is 0 Å². The second kappa shape index (κ2) is 7.46. The van der Waals surface area contributed by atoms with Gasteiger partial charge in [-0.25, -0.2) is 4.79 Å². The molecule has 2 amide bonds. The van der Waals surface area contributed by atoms with Crippen molar-refractivity contribution in [1.29, 1.82) is 0 Å². The molecule has 0 aromatic heterocycles. The Labute approximate surface area is 127 Å². The Hall–Kier alpha value is -1.55. The third-order valence-corrected chi connectivity index (χ3v) is 4.07. The second-order valence-corrected chi connectivity index (χ2v) is 6.39. The van der Waals surface area contributed by atoms with Crippen LogP contribution < -0.4 is 11.1 Å². The maximum Gasteiger partial charge on any atom is 0.314 e. The molecule has 1 aliphatic rings. The van der Waals surface area contributed by atoms with Crippen LogP contribution >= 0.6 is 0 Å². The highest BCUT2D eigenvalue weighted by atomic mass is 16.2.